The van der Waals surface area contributed by atoms with Crippen molar-refractivity contribution in [2.45, 2.75) is 52.9 Å². The average Bonchev–Trinajstić information content (AvgIpc) is 3.00. The maximum atomic E-state index is 12.7. The van der Waals surface area contributed by atoms with Crippen LogP contribution >= 0.6 is 0 Å². The number of para-hydroxylation sites is 1. The Kier molecular flexibility index (Phi) is 10.1. The van der Waals surface area contributed by atoms with Gasteiger partial charge in [0.2, 0.25) is 0 Å². The van der Waals surface area contributed by atoms with Crippen LogP contribution < -0.4 is 10.2 Å². The van der Waals surface area contributed by atoms with Crippen molar-refractivity contribution in [1.82, 2.24) is 15.3 Å². The molecule has 0 spiro atoms. The predicted molar refractivity (Wildman–Crippen MR) is 170 cm³/mol. The molecule has 1 amide bonds. The average molecular weight is 535 g/mol. The summed E-state index contributed by atoms with van der Waals surface area (Å²) in [5.41, 5.74) is 1.79. The van der Waals surface area contributed by atoms with E-state index in [0.29, 0.717) is 5.92 Å². The summed E-state index contributed by atoms with van der Waals surface area (Å²) in [6, 6.07) is 26.7. The van der Waals surface area contributed by atoms with Gasteiger partial charge in [-0.3, -0.25) is 4.79 Å². The second-order valence-electron chi connectivity index (χ2n) is 10.4. The van der Waals surface area contributed by atoms with E-state index in [1.165, 1.54) is 42.9 Å². The number of hydrogen-bond donors (Lipinski definition) is 1. The summed E-state index contributed by atoms with van der Waals surface area (Å²) in [5.74, 6) is 2.50. The smallest absolute Gasteiger partial charge is 0.251 e. The molecule has 5 aromatic rings. The van der Waals surface area contributed by atoms with Crippen LogP contribution in [0.25, 0.3) is 32.4 Å². The van der Waals surface area contributed by atoms with E-state index in [9.17, 15) is 4.79 Å². The van der Waals surface area contributed by atoms with Crippen LogP contribution in [-0.4, -0.2) is 36.5 Å². The Hall–Kier alpha value is -3.99. The first-order valence-electron chi connectivity index (χ1n) is 14.6. The van der Waals surface area contributed by atoms with Crippen LogP contribution in [0.4, 0.5) is 5.82 Å². The number of carbonyl (C=O) groups excluding carboxylic acids is 1. The molecule has 0 bridgehead atoms. The number of benzene rings is 4. The van der Waals surface area contributed by atoms with Crippen LogP contribution in [0.3, 0.4) is 0 Å². The lowest BCUT2D eigenvalue weighted by atomic mass is 9.89. The lowest BCUT2D eigenvalue weighted by molar-refractivity contribution is 0.0945. The highest BCUT2D eigenvalue weighted by atomic mass is 16.1. The molecule has 5 nitrogen and oxygen atoms in total. The Morgan fingerprint density at radius 3 is 2.17 bits per heavy atom. The molecule has 5 heteroatoms. The van der Waals surface area contributed by atoms with E-state index in [2.05, 4.69) is 51.7 Å². The predicted octanol–water partition coefficient (Wildman–Crippen LogP) is 8.33. The van der Waals surface area contributed by atoms with Crippen LogP contribution in [0, 0.1) is 12.8 Å². The fourth-order valence-corrected chi connectivity index (χ4v) is 5.40. The Bertz CT molecular complexity index is 1570. The molecule has 208 valence electrons. The Morgan fingerprint density at radius 1 is 0.800 bits per heavy atom. The summed E-state index contributed by atoms with van der Waals surface area (Å²) in [6.45, 7) is 6.72. The van der Waals surface area contributed by atoms with Gasteiger partial charge in [0, 0.05) is 31.6 Å². The zero-order valence-electron chi connectivity index (χ0n) is 24.6. The molecule has 4 aromatic carbocycles. The van der Waals surface area contributed by atoms with Gasteiger partial charge in [-0.15, -0.1) is 0 Å². The molecule has 0 saturated heterocycles. The Labute approximate surface area is 238 Å². The van der Waals surface area contributed by atoms with E-state index in [1.54, 1.807) is 0 Å². The molecular weight excluding hydrogens is 492 g/mol. The number of aryl methyl sites for hydroxylation is 1. The third-order valence-electron chi connectivity index (χ3n) is 7.39. The largest absolute Gasteiger partial charge is 0.362 e. The minimum atomic E-state index is 0.0569. The molecule has 1 fully saturated rings. The summed E-state index contributed by atoms with van der Waals surface area (Å²) in [6.07, 6.45) is 6.46. The van der Waals surface area contributed by atoms with E-state index in [0.717, 1.165) is 45.4 Å². The summed E-state index contributed by atoms with van der Waals surface area (Å²) in [7, 11) is 3.99. The van der Waals surface area contributed by atoms with Crippen molar-refractivity contribution < 1.29 is 4.79 Å². The number of amides is 1. The molecule has 6 rings (SSSR count). The molecule has 1 saturated carbocycles. The zero-order valence-corrected chi connectivity index (χ0v) is 24.6. The molecule has 40 heavy (non-hydrogen) atoms. The number of hydrogen-bond acceptors (Lipinski definition) is 4. The molecule has 1 aromatic heterocycles. The lowest BCUT2D eigenvalue weighted by Gasteiger charge is -2.21. The van der Waals surface area contributed by atoms with Crippen molar-refractivity contribution in [3.63, 3.8) is 0 Å². The number of nitrogens with one attached hydrogen (secondary N) is 1. The van der Waals surface area contributed by atoms with Gasteiger partial charge in [-0.1, -0.05) is 81.6 Å². The number of aromatic nitrogens is 2. The minimum Gasteiger partial charge on any atom is -0.362 e. The summed E-state index contributed by atoms with van der Waals surface area (Å²) < 4.78 is 0. The molecule has 0 aliphatic heterocycles. The molecule has 1 N–H and O–H groups in total. The third-order valence-corrected chi connectivity index (χ3v) is 7.39. The van der Waals surface area contributed by atoms with Gasteiger partial charge in [-0.2, -0.15) is 0 Å². The van der Waals surface area contributed by atoms with Gasteiger partial charge in [0.05, 0.1) is 5.52 Å². The molecule has 0 radical (unpaired) electrons. The van der Waals surface area contributed by atoms with Crippen molar-refractivity contribution >= 4 is 44.2 Å². The maximum absolute atomic E-state index is 12.7. The summed E-state index contributed by atoms with van der Waals surface area (Å²) in [4.78, 5) is 23.5. The second-order valence-corrected chi connectivity index (χ2v) is 10.4. The number of rotatable bonds is 4. The van der Waals surface area contributed by atoms with Crippen molar-refractivity contribution in [2.24, 2.45) is 5.92 Å². The normalized spacial score (nSPS) is 13.2. The van der Waals surface area contributed by atoms with Crippen molar-refractivity contribution in [2.75, 3.05) is 25.5 Å². The molecule has 1 aliphatic carbocycles. The van der Waals surface area contributed by atoms with Crippen LogP contribution in [0.5, 0.6) is 0 Å². The first kappa shape index (κ1) is 29.0. The van der Waals surface area contributed by atoms with E-state index in [-0.39, 0.29) is 5.91 Å². The van der Waals surface area contributed by atoms with Crippen molar-refractivity contribution in [1.29, 1.82) is 0 Å². The molecule has 1 heterocycles. The number of nitrogens with zero attached hydrogens (tertiary/aromatic N) is 3. The molecule has 0 atom stereocenters. The van der Waals surface area contributed by atoms with Gasteiger partial charge < -0.3 is 10.2 Å². The van der Waals surface area contributed by atoms with Crippen LogP contribution in [-0.2, 0) is 0 Å². The number of fused-ring (bicyclic) bond motifs is 3. The van der Waals surface area contributed by atoms with E-state index < -0.39 is 0 Å². The van der Waals surface area contributed by atoms with Crippen LogP contribution in [0.2, 0.25) is 0 Å². The quantitative estimate of drug-likeness (QED) is 0.236. The first-order chi connectivity index (χ1) is 19.5. The fourth-order valence-electron chi connectivity index (χ4n) is 5.40. The van der Waals surface area contributed by atoms with Gasteiger partial charge in [0.1, 0.15) is 11.6 Å². The van der Waals surface area contributed by atoms with E-state index in [4.69, 9.17) is 0 Å². The number of anilines is 1. The highest BCUT2D eigenvalue weighted by Gasteiger charge is 2.16. The van der Waals surface area contributed by atoms with Crippen molar-refractivity contribution in [3.8, 4) is 0 Å². The highest BCUT2D eigenvalue weighted by molar-refractivity contribution is 6.10. The fraction of sp³-hybridized carbons (Fsp3) is 0.343. The summed E-state index contributed by atoms with van der Waals surface area (Å²) >= 11 is 0. The van der Waals surface area contributed by atoms with Gasteiger partial charge in [-0.05, 0) is 77.6 Å². The van der Waals surface area contributed by atoms with Gasteiger partial charge in [0.25, 0.3) is 5.91 Å². The van der Waals surface area contributed by atoms with Gasteiger partial charge in [-0.25, -0.2) is 9.97 Å². The maximum Gasteiger partial charge on any atom is 0.251 e. The highest BCUT2D eigenvalue weighted by Crippen LogP contribution is 2.27. The van der Waals surface area contributed by atoms with E-state index in [1.807, 2.05) is 82.2 Å². The topological polar surface area (TPSA) is 58.1 Å². The third kappa shape index (κ3) is 6.95. The standard InChI is InChI=1S/C22H23NO.C11H13N3.C2H6/c24-22(23-15-16-7-2-1-3-8-16)20-12-6-11-19-13-17-9-4-5-10-18(17)14-21(19)20;1-8-12-10-7-5-4-6-9(10)11(13-8)14(2)3;1-2/h4-6,9-14,16H,1-3,7-8,15H2,(H,23,24);4-7H,1-3H3;1-2H3. The molecular formula is C35H42N4O. The Balaban J connectivity index is 0.000000197. The summed E-state index contributed by atoms with van der Waals surface area (Å²) in [5, 5.41) is 8.82. The SMILES string of the molecule is CC.Cc1nc(N(C)C)c2ccccc2n1.O=C(NCC1CCCCC1)c1cccc2cc3ccccc3cc12. The van der Waals surface area contributed by atoms with Gasteiger partial charge >= 0.3 is 0 Å². The van der Waals surface area contributed by atoms with Crippen molar-refractivity contribution in [3.05, 3.63) is 90.3 Å². The molecule has 1 aliphatic rings. The monoisotopic (exact) mass is 534 g/mol. The van der Waals surface area contributed by atoms with Crippen LogP contribution in [0.1, 0.15) is 62.1 Å². The van der Waals surface area contributed by atoms with Gasteiger partial charge in [0.15, 0.2) is 0 Å². The van der Waals surface area contributed by atoms with E-state index >= 15 is 0 Å². The second kappa shape index (κ2) is 13.9. The minimum absolute atomic E-state index is 0.0569. The molecule has 0 unspecified atom stereocenters. The lowest BCUT2D eigenvalue weighted by Crippen LogP contribution is -2.30. The zero-order chi connectivity index (χ0) is 28.5. The number of carbonyl (C=O) groups is 1. The first-order valence-corrected chi connectivity index (χ1v) is 14.6. The van der Waals surface area contributed by atoms with Crippen LogP contribution in [0.15, 0.2) is 78.9 Å². The Morgan fingerprint density at radius 2 is 1.45 bits per heavy atom.